The predicted molar refractivity (Wildman–Crippen MR) is 76.2 cm³/mol. The molecule has 4 unspecified atom stereocenters. The van der Waals surface area contributed by atoms with Crippen molar-refractivity contribution in [2.24, 2.45) is 23.5 Å². The van der Waals surface area contributed by atoms with Crippen molar-refractivity contribution in [2.75, 3.05) is 0 Å². The van der Waals surface area contributed by atoms with Crippen molar-refractivity contribution < 1.29 is 0 Å². The minimum absolute atomic E-state index is 0.138. The van der Waals surface area contributed by atoms with Gasteiger partial charge in [-0.3, -0.25) is 4.68 Å². The van der Waals surface area contributed by atoms with Crippen LogP contribution in [-0.2, 0) is 0 Å². The van der Waals surface area contributed by atoms with Gasteiger partial charge >= 0.3 is 0 Å². The molecule has 2 bridgehead atoms. The summed E-state index contributed by atoms with van der Waals surface area (Å²) in [4.78, 5) is 0. The van der Waals surface area contributed by atoms with Gasteiger partial charge in [0.1, 0.15) is 0 Å². The minimum atomic E-state index is 0.138. The number of nitrogens with two attached hydrogens (primary N) is 1. The monoisotopic (exact) mass is 311 g/mol. The lowest BCUT2D eigenvalue weighted by atomic mass is 9.82. The summed E-state index contributed by atoms with van der Waals surface area (Å²) < 4.78 is 3.16. The number of hydrogen-bond acceptors (Lipinski definition) is 2. The summed E-state index contributed by atoms with van der Waals surface area (Å²) in [6, 6.07) is 0.510. The molecule has 2 saturated carbocycles. The molecule has 3 nitrogen and oxygen atoms in total. The molecular formula is C14H22BrN3. The molecule has 0 aromatic carbocycles. The van der Waals surface area contributed by atoms with Crippen molar-refractivity contribution in [1.82, 2.24) is 9.78 Å². The van der Waals surface area contributed by atoms with Crippen molar-refractivity contribution in [2.45, 2.75) is 51.6 Å². The Morgan fingerprint density at radius 2 is 2.17 bits per heavy atom. The van der Waals surface area contributed by atoms with Crippen LogP contribution in [0.15, 0.2) is 10.7 Å². The number of hydrogen-bond donors (Lipinski definition) is 1. The maximum Gasteiger partial charge on any atom is 0.0699 e. The van der Waals surface area contributed by atoms with Crippen LogP contribution in [0.2, 0.25) is 0 Å². The highest BCUT2D eigenvalue weighted by Crippen LogP contribution is 2.52. The van der Waals surface area contributed by atoms with Crippen LogP contribution in [0.4, 0.5) is 0 Å². The number of rotatable bonds is 3. The van der Waals surface area contributed by atoms with Gasteiger partial charge < -0.3 is 5.73 Å². The van der Waals surface area contributed by atoms with E-state index in [1.165, 1.54) is 31.4 Å². The molecule has 3 rings (SSSR count). The van der Waals surface area contributed by atoms with Gasteiger partial charge in [0.2, 0.25) is 0 Å². The summed E-state index contributed by atoms with van der Waals surface area (Å²) in [6.07, 6.45) is 7.44. The molecule has 0 amide bonds. The van der Waals surface area contributed by atoms with Gasteiger partial charge in [-0.05, 0) is 66.8 Å². The summed E-state index contributed by atoms with van der Waals surface area (Å²) >= 11 is 3.62. The Bertz CT molecular complexity index is 440. The molecule has 100 valence electrons. The average molecular weight is 312 g/mol. The van der Waals surface area contributed by atoms with Crippen LogP contribution >= 0.6 is 15.9 Å². The zero-order valence-electron chi connectivity index (χ0n) is 11.1. The molecule has 2 aliphatic rings. The van der Waals surface area contributed by atoms with Crippen LogP contribution in [0, 0.1) is 17.8 Å². The first-order valence-electron chi connectivity index (χ1n) is 7.06. The lowest BCUT2D eigenvalue weighted by Gasteiger charge is -2.29. The SMILES string of the molecule is CC(C)n1ncc(Br)c1C(N)C1CC2CCC1C2. The van der Waals surface area contributed by atoms with E-state index in [1.54, 1.807) is 0 Å². The van der Waals surface area contributed by atoms with E-state index in [4.69, 9.17) is 5.73 Å². The Hall–Kier alpha value is -0.350. The average Bonchev–Trinajstić information content (AvgIpc) is 3.01. The third-order valence-electron chi connectivity index (χ3n) is 4.85. The van der Waals surface area contributed by atoms with Gasteiger partial charge in [0.25, 0.3) is 0 Å². The smallest absolute Gasteiger partial charge is 0.0699 e. The first-order chi connectivity index (χ1) is 8.58. The Kier molecular flexibility index (Phi) is 3.27. The van der Waals surface area contributed by atoms with Crippen molar-refractivity contribution in [1.29, 1.82) is 0 Å². The van der Waals surface area contributed by atoms with E-state index in [0.717, 1.165) is 16.3 Å². The molecule has 1 aromatic heterocycles. The Morgan fingerprint density at radius 3 is 2.72 bits per heavy atom. The number of fused-ring (bicyclic) bond motifs is 2. The van der Waals surface area contributed by atoms with Crippen LogP contribution in [0.25, 0.3) is 0 Å². The quantitative estimate of drug-likeness (QED) is 0.925. The maximum atomic E-state index is 6.58. The second kappa shape index (κ2) is 4.64. The fraction of sp³-hybridized carbons (Fsp3) is 0.786. The van der Waals surface area contributed by atoms with Crippen molar-refractivity contribution in [3.63, 3.8) is 0 Å². The molecule has 1 aromatic rings. The van der Waals surface area contributed by atoms with E-state index in [2.05, 4.69) is 39.6 Å². The van der Waals surface area contributed by atoms with Gasteiger partial charge in [0.05, 0.1) is 22.4 Å². The van der Waals surface area contributed by atoms with E-state index in [-0.39, 0.29) is 6.04 Å². The Labute approximate surface area is 117 Å². The fourth-order valence-corrected chi connectivity index (χ4v) is 4.55. The molecule has 0 aliphatic heterocycles. The summed E-state index contributed by atoms with van der Waals surface area (Å²) in [6.45, 7) is 4.33. The van der Waals surface area contributed by atoms with Crippen molar-refractivity contribution in [3.05, 3.63) is 16.4 Å². The molecule has 1 heterocycles. The predicted octanol–water partition coefficient (Wildman–Crippen LogP) is 3.66. The minimum Gasteiger partial charge on any atom is -0.322 e. The van der Waals surface area contributed by atoms with Gasteiger partial charge in [0.15, 0.2) is 0 Å². The topological polar surface area (TPSA) is 43.8 Å². The molecule has 4 atom stereocenters. The number of halogens is 1. The molecule has 0 spiro atoms. The zero-order valence-corrected chi connectivity index (χ0v) is 12.7. The second-order valence-electron chi connectivity index (χ2n) is 6.28. The summed E-state index contributed by atoms with van der Waals surface area (Å²) in [5.41, 5.74) is 7.78. The molecule has 0 saturated heterocycles. The lowest BCUT2D eigenvalue weighted by molar-refractivity contribution is 0.272. The standard InChI is InChI=1S/C14H22BrN3/c1-8(2)18-14(12(15)7-17-18)13(16)11-6-9-3-4-10(11)5-9/h7-11,13H,3-6,16H2,1-2H3. The highest BCUT2D eigenvalue weighted by atomic mass is 79.9. The van der Waals surface area contributed by atoms with Gasteiger partial charge in [0, 0.05) is 6.04 Å². The van der Waals surface area contributed by atoms with Crippen LogP contribution in [-0.4, -0.2) is 9.78 Å². The van der Waals surface area contributed by atoms with Crippen LogP contribution in [0.1, 0.15) is 57.3 Å². The maximum absolute atomic E-state index is 6.58. The van der Waals surface area contributed by atoms with E-state index < -0.39 is 0 Å². The van der Waals surface area contributed by atoms with Gasteiger partial charge in [-0.2, -0.15) is 5.10 Å². The zero-order chi connectivity index (χ0) is 12.9. The second-order valence-corrected chi connectivity index (χ2v) is 7.13. The summed E-state index contributed by atoms with van der Waals surface area (Å²) in [7, 11) is 0. The Balaban J connectivity index is 1.88. The highest BCUT2D eigenvalue weighted by Gasteiger charge is 2.43. The van der Waals surface area contributed by atoms with Gasteiger partial charge in [-0.15, -0.1) is 0 Å². The van der Waals surface area contributed by atoms with Crippen molar-refractivity contribution >= 4 is 15.9 Å². The first kappa shape index (κ1) is 12.7. The highest BCUT2D eigenvalue weighted by molar-refractivity contribution is 9.10. The fourth-order valence-electron chi connectivity index (χ4n) is 4.01. The van der Waals surface area contributed by atoms with Crippen molar-refractivity contribution in [3.8, 4) is 0 Å². The van der Waals surface area contributed by atoms with Gasteiger partial charge in [-0.1, -0.05) is 6.42 Å². The molecule has 2 N–H and O–H groups in total. The van der Waals surface area contributed by atoms with Crippen LogP contribution in [0.5, 0.6) is 0 Å². The van der Waals surface area contributed by atoms with Gasteiger partial charge in [-0.25, -0.2) is 0 Å². The normalized spacial score (nSPS) is 32.4. The Morgan fingerprint density at radius 1 is 1.39 bits per heavy atom. The van der Waals surface area contributed by atoms with E-state index in [1.807, 2.05) is 6.20 Å². The third-order valence-corrected chi connectivity index (χ3v) is 5.46. The first-order valence-corrected chi connectivity index (χ1v) is 7.85. The van der Waals surface area contributed by atoms with E-state index >= 15 is 0 Å². The van der Waals surface area contributed by atoms with E-state index in [9.17, 15) is 0 Å². The molecule has 2 fully saturated rings. The molecule has 0 radical (unpaired) electrons. The molecule has 4 heteroatoms. The number of aromatic nitrogens is 2. The molecule has 2 aliphatic carbocycles. The lowest BCUT2D eigenvalue weighted by Crippen LogP contribution is -2.29. The van der Waals surface area contributed by atoms with Crippen LogP contribution in [0.3, 0.4) is 0 Å². The number of nitrogens with zero attached hydrogens (tertiary/aromatic N) is 2. The molecule has 18 heavy (non-hydrogen) atoms. The third kappa shape index (κ3) is 1.94. The largest absolute Gasteiger partial charge is 0.322 e. The summed E-state index contributed by atoms with van der Waals surface area (Å²) in [5.74, 6) is 2.46. The van der Waals surface area contributed by atoms with E-state index in [0.29, 0.717) is 12.0 Å². The summed E-state index contributed by atoms with van der Waals surface area (Å²) in [5, 5.41) is 4.46. The molecular weight excluding hydrogens is 290 g/mol. The van der Waals surface area contributed by atoms with Crippen LogP contribution < -0.4 is 5.73 Å².